The van der Waals surface area contributed by atoms with E-state index in [2.05, 4.69) is 27.7 Å². The van der Waals surface area contributed by atoms with Crippen LogP contribution in [0.5, 0.6) is 0 Å². The van der Waals surface area contributed by atoms with Gasteiger partial charge in [0.1, 0.15) is 0 Å². The Balaban J connectivity index is 3.00. The minimum absolute atomic E-state index is 0.0446. The van der Waals surface area contributed by atoms with Crippen molar-refractivity contribution in [2.45, 2.75) is 88.9 Å². The van der Waals surface area contributed by atoms with Crippen molar-refractivity contribution in [3.8, 4) is 0 Å². The molecule has 22 heavy (non-hydrogen) atoms. The van der Waals surface area contributed by atoms with Gasteiger partial charge >= 0.3 is 148 Å². The van der Waals surface area contributed by atoms with Gasteiger partial charge < -0.3 is 0 Å². The first-order valence-electron chi connectivity index (χ1n) is 9.11. The second-order valence-electron chi connectivity index (χ2n) is 6.68. The zero-order chi connectivity index (χ0) is 16.4. The van der Waals surface area contributed by atoms with E-state index in [1.54, 1.807) is 6.07 Å². The Morgan fingerprint density at radius 1 is 0.909 bits per heavy atom. The maximum absolute atomic E-state index is 13.7. The molecule has 0 amide bonds. The molecule has 0 aliphatic rings. The Labute approximate surface area is 147 Å². The number of hydrogen-bond acceptors (Lipinski definition) is 0. The summed E-state index contributed by atoms with van der Waals surface area (Å²) in [5.74, 6) is -0.0446. The molecule has 0 aliphatic heterocycles. The maximum atomic E-state index is 13.7. The van der Waals surface area contributed by atoms with E-state index in [0.29, 0.717) is 3.43 Å². The number of rotatable bonds is 11. The molecule has 1 rings (SSSR count). The first kappa shape index (κ1) is 20.0. The summed E-state index contributed by atoms with van der Waals surface area (Å²) >= 11 is -0.793. The Morgan fingerprint density at radius 3 is 1.86 bits per heavy atom. The molecule has 0 nitrogen and oxygen atoms in total. The fourth-order valence-corrected chi connectivity index (χ4v) is 8.74. The Morgan fingerprint density at radius 2 is 1.41 bits per heavy atom. The zero-order valence-corrected chi connectivity index (χ0v) is 17.8. The summed E-state index contributed by atoms with van der Waals surface area (Å²) in [6.45, 7) is 9.05. The van der Waals surface area contributed by atoms with Crippen LogP contribution in [0.3, 0.4) is 0 Å². The average Bonchev–Trinajstić information content (AvgIpc) is 2.52. The number of aryl methyl sites for hydroxylation is 1. The van der Waals surface area contributed by atoms with E-state index >= 15 is 0 Å². The third-order valence-corrected chi connectivity index (χ3v) is 10.6. The van der Waals surface area contributed by atoms with Crippen LogP contribution in [0, 0.1) is 12.7 Å². The zero-order valence-electron chi connectivity index (χ0n) is 15.0. The molecule has 0 atom stereocenters. The Bertz CT molecular complexity index is 406. The van der Waals surface area contributed by atoms with E-state index in [-0.39, 0.29) is 5.82 Å². The van der Waals surface area contributed by atoms with Gasteiger partial charge in [-0.15, -0.1) is 0 Å². The molecule has 1 aromatic carbocycles. The van der Waals surface area contributed by atoms with E-state index < -0.39 is 21.1 Å². The molecule has 124 valence electrons. The fraction of sp³-hybridized carbons (Fsp3) is 0.700. The van der Waals surface area contributed by atoms with E-state index in [0.717, 1.165) is 0 Å². The van der Waals surface area contributed by atoms with Crippen LogP contribution in [0.1, 0.15) is 84.1 Å². The van der Waals surface area contributed by atoms with Crippen molar-refractivity contribution in [3.05, 3.63) is 29.6 Å². The predicted octanol–water partition coefficient (Wildman–Crippen LogP) is 6.19. The molecule has 0 aliphatic carbocycles. The molecular weight excluding hydrogens is 378 g/mol. The predicted molar refractivity (Wildman–Crippen MR) is 97.8 cm³/mol. The third kappa shape index (κ3) is 6.60. The summed E-state index contributed by atoms with van der Waals surface area (Å²) in [7, 11) is 0. The molecule has 0 fully saturated rings. The molecule has 1 aromatic rings. The number of hydrogen-bond donors (Lipinski definition) is 0. The summed E-state index contributed by atoms with van der Waals surface area (Å²) in [5, 5.41) is 0. The van der Waals surface area contributed by atoms with Gasteiger partial charge in [-0.3, -0.25) is 0 Å². The molecule has 0 saturated carbocycles. The van der Waals surface area contributed by atoms with Crippen molar-refractivity contribution >= 4 is 24.7 Å². The van der Waals surface area contributed by atoms with Crippen LogP contribution >= 0.6 is 0 Å². The molecular formula is C20H33FSn. The topological polar surface area (TPSA) is 0 Å². The Kier molecular flexibility index (Phi) is 9.70. The number of benzene rings is 1. The van der Waals surface area contributed by atoms with Gasteiger partial charge in [0.25, 0.3) is 0 Å². The van der Waals surface area contributed by atoms with Gasteiger partial charge in [-0.25, -0.2) is 0 Å². The molecule has 0 unspecified atom stereocenters. The molecule has 0 aromatic heterocycles. The van der Waals surface area contributed by atoms with Crippen molar-refractivity contribution in [2.75, 3.05) is 0 Å². The van der Waals surface area contributed by atoms with Crippen LogP contribution in [0.25, 0.3) is 0 Å². The van der Waals surface area contributed by atoms with Crippen LogP contribution in [-0.2, 0) is 0 Å². The van der Waals surface area contributed by atoms with Crippen LogP contribution in [0.2, 0.25) is 3.43 Å². The fourth-order valence-electron chi connectivity index (χ4n) is 3.12. The van der Waals surface area contributed by atoms with Crippen molar-refractivity contribution in [3.63, 3.8) is 0 Å². The summed E-state index contributed by atoms with van der Waals surface area (Å²) in [6, 6.07) is 5.44. The van der Waals surface area contributed by atoms with E-state index in [1.807, 2.05) is 12.1 Å². The number of halogens is 1. The van der Waals surface area contributed by atoms with Crippen molar-refractivity contribution in [2.24, 2.45) is 0 Å². The quantitative estimate of drug-likeness (QED) is 0.381. The first-order valence-corrected chi connectivity index (χ1v) is 12.0. The molecule has 2 heteroatoms. The van der Waals surface area contributed by atoms with Crippen LogP contribution in [-0.4, -0.2) is 21.1 Å². The van der Waals surface area contributed by atoms with E-state index in [4.69, 9.17) is 0 Å². The monoisotopic (exact) mass is 412 g/mol. The SMILES string of the molecule is CCCC[C](CCCC)(CCCC)[Sn][c]1cc(F)ccc1C. The second kappa shape index (κ2) is 10.7. The minimum atomic E-state index is -0.793. The molecule has 0 bridgehead atoms. The Hall–Kier alpha value is -0.0513. The molecule has 0 spiro atoms. The van der Waals surface area contributed by atoms with E-state index in [9.17, 15) is 4.39 Å². The van der Waals surface area contributed by atoms with Gasteiger partial charge in [0.05, 0.1) is 0 Å². The van der Waals surface area contributed by atoms with Gasteiger partial charge in [-0.1, -0.05) is 0 Å². The average molecular weight is 411 g/mol. The summed E-state index contributed by atoms with van der Waals surface area (Å²) < 4.78 is 15.6. The van der Waals surface area contributed by atoms with Gasteiger partial charge in [-0.2, -0.15) is 0 Å². The van der Waals surface area contributed by atoms with Crippen LogP contribution in [0.15, 0.2) is 18.2 Å². The van der Waals surface area contributed by atoms with Crippen molar-refractivity contribution in [1.82, 2.24) is 0 Å². The van der Waals surface area contributed by atoms with Gasteiger partial charge in [0, 0.05) is 0 Å². The third-order valence-electron chi connectivity index (χ3n) is 4.63. The molecule has 0 N–H and O–H groups in total. The van der Waals surface area contributed by atoms with Gasteiger partial charge in [0.15, 0.2) is 0 Å². The van der Waals surface area contributed by atoms with E-state index in [1.165, 1.54) is 66.9 Å². The van der Waals surface area contributed by atoms with Crippen molar-refractivity contribution in [1.29, 1.82) is 0 Å². The van der Waals surface area contributed by atoms with Crippen molar-refractivity contribution < 1.29 is 4.39 Å². The van der Waals surface area contributed by atoms with Crippen LogP contribution in [0.4, 0.5) is 4.39 Å². The summed E-state index contributed by atoms with van der Waals surface area (Å²) in [4.78, 5) is 0. The number of unbranched alkanes of at least 4 members (excludes halogenated alkanes) is 3. The summed E-state index contributed by atoms with van der Waals surface area (Å²) in [6.07, 6.45) is 11.9. The molecule has 2 radical (unpaired) electrons. The van der Waals surface area contributed by atoms with Gasteiger partial charge in [0.2, 0.25) is 0 Å². The van der Waals surface area contributed by atoms with Crippen LogP contribution < -0.4 is 3.58 Å². The first-order chi connectivity index (χ1) is 10.6. The standard InChI is InChI=1S/C13H27.C7H6F.Sn/c1-4-7-10-13(11-8-5-2)12-9-6-3;1-6-2-4-7(8)5-3-6;/h4-12H2,1-3H3;2,4-5H,1H3;. The summed E-state index contributed by atoms with van der Waals surface area (Å²) in [5.41, 5.74) is 1.32. The normalized spacial score (nSPS) is 11.9. The van der Waals surface area contributed by atoms with Gasteiger partial charge in [-0.05, 0) is 0 Å². The second-order valence-corrected chi connectivity index (χ2v) is 12.0. The molecule has 0 heterocycles. The molecule has 0 saturated heterocycles.